The van der Waals surface area contributed by atoms with Crippen LogP contribution in [-0.2, 0) is 5.41 Å². The van der Waals surface area contributed by atoms with Crippen molar-refractivity contribution in [3.8, 4) is 11.1 Å². The Hall–Kier alpha value is 0.260. The normalized spacial score (nSPS) is 14.4. The van der Waals surface area contributed by atoms with E-state index in [1.807, 2.05) is 0 Å². The summed E-state index contributed by atoms with van der Waals surface area (Å²) in [5, 5.41) is 0. The predicted molar refractivity (Wildman–Crippen MR) is 158 cm³/mol. The van der Waals surface area contributed by atoms with E-state index in [2.05, 4.69) is 98.3 Å². The third-order valence-electron chi connectivity index (χ3n) is 7.54. The summed E-state index contributed by atoms with van der Waals surface area (Å²) >= 11 is 7.54. The third-order valence-corrected chi connectivity index (χ3v) is 14.4. The van der Waals surface area contributed by atoms with E-state index < -0.39 is 7.26 Å². The maximum absolute atomic E-state index is 3.77. The van der Waals surface area contributed by atoms with Crippen molar-refractivity contribution in [2.24, 2.45) is 0 Å². The Bertz CT molecular complexity index is 833. The minimum absolute atomic E-state index is 0.111. The van der Waals surface area contributed by atoms with Gasteiger partial charge in [0, 0.05) is 21.6 Å². The molecule has 0 bridgehead atoms. The largest absolute Gasteiger partial charge is 0.136 e. The molecule has 0 aliphatic heterocycles. The molecule has 1 aliphatic rings. The number of unbranched alkanes of at least 4 members (excludes halogenated alkanes) is 2. The minimum Gasteiger partial charge on any atom is -0.136 e. The molecule has 0 heterocycles. The molecule has 1 aliphatic carbocycles. The summed E-state index contributed by atoms with van der Waals surface area (Å²) in [6, 6.07) is 13.9. The van der Waals surface area contributed by atoms with Crippen LogP contribution < -0.4 is 0 Å². The molecule has 0 aromatic heterocycles. The van der Waals surface area contributed by atoms with Gasteiger partial charge in [-0.05, 0) is 84.8 Å². The van der Waals surface area contributed by atoms with Crippen molar-refractivity contribution in [1.82, 2.24) is 0 Å². The molecule has 0 saturated heterocycles. The Morgan fingerprint density at radius 2 is 1.22 bits per heavy atom. The second kappa shape index (κ2) is 12.3. The Kier molecular flexibility index (Phi) is 10.3. The highest BCUT2D eigenvalue weighted by atomic mass is 79.9. The van der Waals surface area contributed by atoms with E-state index in [4.69, 9.17) is 0 Å². The monoisotopic (exact) mass is 597 g/mol. The molecule has 0 N–H and O–H groups in total. The summed E-state index contributed by atoms with van der Waals surface area (Å²) in [6.07, 6.45) is 16.6. The van der Waals surface area contributed by atoms with Gasteiger partial charge in [-0.1, -0.05) is 77.6 Å². The van der Waals surface area contributed by atoms with Gasteiger partial charge in [-0.2, -0.15) is 0 Å². The van der Waals surface area contributed by atoms with E-state index in [0.717, 1.165) is 6.16 Å². The van der Waals surface area contributed by atoms with Crippen molar-refractivity contribution in [3.63, 3.8) is 0 Å². The van der Waals surface area contributed by atoms with Crippen molar-refractivity contribution in [3.05, 3.63) is 56.5 Å². The zero-order valence-electron chi connectivity index (χ0n) is 20.2. The van der Waals surface area contributed by atoms with E-state index in [9.17, 15) is 0 Å². The lowest BCUT2D eigenvalue weighted by atomic mass is 9.76. The van der Waals surface area contributed by atoms with Crippen LogP contribution in [0.25, 0.3) is 11.1 Å². The molecule has 0 radical (unpaired) electrons. The fourth-order valence-electron chi connectivity index (χ4n) is 5.88. The fraction of sp³-hybridized carbons (Fsp3) is 0.571. The molecule has 1 atom stereocenters. The molecule has 176 valence electrons. The van der Waals surface area contributed by atoms with Gasteiger partial charge in [0.1, 0.15) is 0 Å². The predicted octanol–water partition coefficient (Wildman–Crippen LogP) is 10.2. The van der Waals surface area contributed by atoms with Gasteiger partial charge < -0.3 is 0 Å². The molecule has 4 heteroatoms. The van der Waals surface area contributed by atoms with Crippen LogP contribution in [0, 0.1) is 0 Å². The Labute approximate surface area is 216 Å². The van der Waals surface area contributed by atoms with Crippen LogP contribution in [0.3, 0.4) is 0 Å². The van der Waals surface area contributed by atoms with Crippen LogP contribution in [0.5, 0.6) is 0 Å². The molecule has 0 spiro atoms. The first-order valence-electron chi connectivity index (χ1n) is 12.6. The Morgan fingerprint density at radius 1 is 0.719 bits per heavy atom. The van der Waals surface area contributed by atoms with Gasteiger partial charge in [0.25, 0.3) is 0 Å². The molecule has 3 rings (SSSR count). The summed E-state index contributed by atoms with van der Waals surface area (Å²) in [5.74, 6) is 0. The van der Waals surface area contributed by atoms with Crippen molar-refractivity contribution in [1.29, 1.82) is 0 Å². The quantitative estimate of drug-likeness (QED) is 0.201. The summed E-state index contributed by atoms with van der Waals surface area (Å²) in [7, 11) is 2.27. The first-order chi connectivity index (χ1) is 15.4. The van der Waals surface area contributed by atoms with Crippen molar-refractivity contribution < 1.29 is 0 Å². The standard InChI is InChI=1S/C28H41Br2P2/c1-4-7-16-32(15-6-3,17-8-5-2)18-9-14-28(21-31)26-19-22(29)10-12-24(26)25-13-11-23(30)20-27(25)28/h10-13,19-20H,4-9,14-18,21,31H2,1-3H3/q+1. The smallest absolute Gasteiger partial charge is 0.0594 e. The topological polar surface area (TPSA) is 0 Å². The van der Waals surface area contributed by atoms with Gasteiger partial charge in [-0.15, -0.1) is 9.24 Å². The third kappa shape index (κ3) is 5.73. The van der Waals surface area contributed by atoms with Crippen molar-refractivity contribution in [2.45, 2.75) is 71.1 Å². The van der Waals surface area contributed by atoms with E-state index in [1.54, 1.807) is 0 Å². The van der Waals surface area contributed by atoms with E-state index in [-0.39, 0.29) is 5.41 Å². The number of hydrogen-bond donors (Lipinski definition) is 0. The van der Waals surface area contributed by atoms with Crippen molar-refractivity contribution in [2.75, 3.05) is 30.8 Å². The average molecular weight is 599 g/mol. The molecule has 1 unspecified atom stereocenters. The lowest BCUT2D eigenvalue weighted by Crippen LogP contribution is -2.28. The highest BCUT2D eigenvalue weighted by Crippen LogP contribution is 2.62. The molecular weight excluding hydrogens is 558 g/mol. The molecular formula is C28H41Br2P2+. The molecule has 2 aromatic carbocycles. The van der Waals surface area contributed by atoms with Crippen molar-refractivity contribution >= 4 is 48.4 Å². The lowest BCUT2D eigenvalue weighted by Gasteiger charge is -2.33. The van der Waals surface area contributed by atoms with Crippen LogP contribution >= 0.6 is 48.4 Å². The van der Waals surface area contributed by atoms with Gasteiger partial charge >= 0.3 is 0 Å². The zero-order valence-corrected chi connectivity index (χ0v) is 25.5. The maximum atomic E-state index is 3.77. The molecule has 0 amide bonds. The first kappa shape index (κ1) is 26.9. The number of halogens is 2. The highest BCUT2D eigenvalue weighted by molar-refractivity contribution is 9.10. The molecule has 2 aromatic rings. The van der Waals surface area contributed by atoms with Gasteiger partial charge in [-0.3, -0.25) is 0 Å². The lowest BCUT2D eigenvalue weighted by molar-refractivity contribution is 0.533. The Morgan fingerprint density at radius 3 is 1.66 bits per heavy atom. The number of rotatable bonds is 13. The SMILES string of the molecule is CCCC[P+](CCC)(CCCC)CCCC1(CP)c2cc(Br)ccc2-c2ccc(Br)cc21. The van der Waals surface area contributed by atoms with E-state index in [0.29, 0.717) is 0 Å². The summed E-state index contributed by atoms with van der Waals surface area (Å²) in [4.78, 5) is 0. The van der Waals surface area contributed by atoms with E-state index in [1.165, 1.54) is 101 Å². The zero-order chi connectivity index (χ0) is 23.2. The number of fused-ring (bicyclic) bond motifs is 3. The van der Waals surface area contributed by atoms with Gasteiger partial charge in [0.05, 0.1) is 24.6 Å². The highest BCUT2D eigenvalue weighted by Gasteiger charge is 2.43. The molecule has 0 fully saturated rings. The van der Waals surface area contributed by atoms with Crippen LogP contribution in [-0.4, -0.2) is 30.8 Å². The Balaban J connectivity index is 1.92. The van der Waals surface area contributed by atoms with Crippen LogP contribution in [0.1, 0.15) is 76.8 Å². The second-order valence-electron chi connectivity index (χ2n) is 9.71. The molecule has 32 heavy (non-hydrogen) atoms. The minimum atomic E-state index is -0.840. The average Bonchev–Trinajstić information content (AvgIpc) is 3.05. The first-order valence-corrected chi connectivity index (χ1v) is 17.5. The summed E-state index contributed by atoms with van der Waals surface area (Å²) in [5.41, 5.74) is 6.03. The van der Waals surface area contributed by atoms with Gasteiger partial charge in [0.2, 0.25) is 0 Å². The summed E-state index contributed by atoms with van der Waals surface area (Å²) < 4.78 is 2.40. The van der Waals surface area contributed by atoms with Gasteiger partial charge in [-0.25, -0.2) is 0 Å². The van der Waals surface area contributed by atoms with Crippen LogP contribution in [0.15, 0.2) is 45.3 Å². The number of hydrogen-bond acceptors (Lipinski definition) is 0. The van der Waals surface area contributed by atoms with E-state index >= 15 is 0 Å². The molecule has 0 nitrogen and oxygen atoms in total. The number of benzene rings is 2. The second-order valence-corrected chi connectivity index (χ2v) is 16.4. The van der Waals surface area contributed by atoms with Gasteiger partial charge in [0.15, 0.2) is 0 Å². The van der Waals surface area contributed by atoms with Crippen LogP contribution in [0.2, 0.25) is 0 Å². The maximum Gasteiger partial charge on any atom is 0.0594 e. The molecule has 0 saturated carbocycles. The summed E-state index contributed by atoms with van der Waals surface area (Å²) in [6.45, 7) is 7.15. The van der Waals surface area contributed by atoms with Crippen LogP contribution in [0.4, 0.5) is 0 Å². The fourth-order valence-corrected chi connectivity index (χ4v) is 12.3.